The molecule has 1 fully saturated rings. The van der Waals surface area contributed by atoms with Gasteiger partial charge in [0.05, 0.1) is 19.1 Å². The van der Waals surface area contributed by atoms with Crippen molar-refractivity contribution < 1.29 is 14.6 Å². The second kappa shape index (κ2) is 6.57. The standard InChI is InChI=1S/C15H21NO3/c1-12-2-4-14(5-3-12)19-11-8-15(18)16-9-6-13(17)7-10-16/h2-5,13,17H,6-11H2,1H3. The number of aliphatic hydroxyl groups excluding tert-OH is 1. The molecule has 4 nitrogen and oxygen atoms in total. The monoisotopic (exact) mass is 263 g/mol. The summed E-state index contributed by atoms with van der Waals surface area (Å²) < 4.78 is 5.55. The number of aliphatic hydroxyl groups is 1. The van der Waals surface area contributed by atoms with Crippen molar-refractivity contribution in [1.82, 2.24) is 4.90 Å². The van der Waals surface area contributed by atoms with Crippen molar-refractivity contribution in [2.75, 3.05) is 19.7 Å². The summed E-state index contributed by atoms with van der Waals surface area (Å²) in [6, 6.07) is 7.81. The fourth-order valence-corrected chi connectivity index (χ4v) is 2.16. The number of benzene rings is 1. The molecule has 1 heterocycles. The molecular weight excluding hydrogens is 242 g/mol. The van der Waals surface area contributed by atoms with Crippen molar-refractivity contribution in [3.63, 3.8) is 0 Å². The smallest absolute Gasteiger partial charge is 0.226 e. The van der Waals surface area contributed by atoms with Gasteiger partial charge in [-0.2, -0.15) is 0 Å². The van der Waals surface area contributed by atoms with Crippen molar-refractivity contribution in [3.05, 3.63) is 29.8 Å². The highest BCUT2D eigenvalue weighted by atomic mass is 16.5. The molecule has 0 unspecified atom stereocenters. The third-order valence-electron chi connectivity index (χ3n) is 3.42. The zero-order valence-corrected chi connectivity index (χ0v) is 11.3. The Kier molecular flexibility index (Phi) is 4.80. The van der Waals surface area contributed by atoms with E-state index in [1.165, 1.54) is 5.56 Å². The van der Waals surface area contributed by atoms with E-state index in [2.05, 4.69) is 0 Å². The summed E-state index contributed by atoms with van der Waals surface area (Å²) in [6.45, 7) is 3.74. The van der Waals surface area contributed by atoms with Crippen LogP contribution in [0.3, 0.4) is 0 Å². The highest BCUT2D eigenvalue weighted by molar-refractivity contribution is 5.76. The molecule has 104 valence electrons. The first kappa shape index (κ1) is 13.9. The van der Waals surface area contributed by atoms with Gasteiger partial charge < -0.3 is 14.7 Å². The number of likely N-dealkylation sites (tertiary alicyclic amines) is 1. The summed E-state index contributed by atoms with van der Waals surface area (Å²) in [5.74, 6) is 0.909. The van der Waals surface area contributed by atoms with E-state index in [1.807, 2.05) is 36.1 Å². The molecule has 2 rings (SSSR count). The van der Waals surface area contributed by atoms with E-state index in [-0.39, 0.29) is 12.0 Å². The van der Waals surface area contributed by atoms with Crippen molar-refractivity contribution in [3.8, 4) is 5.75 Å². The Morgan fingerprint density at radius 3 is 2.58 bits per heavy atom. The first-order valence-corrected chi connectivity index (χ1v) is 6.80. The van der Waals surface area contributed by atoms with Crippen molar-refractivity contribution in [2.45, 2.75) is 32.3 Å². The van der Waals surface area contributed by atoms with Gasteiger partial charge in [-0.25, -0.2) is 0 Å². The fourth-order valence-electron chi connectivity index (χ4n) is 2.16. The molecule has 0 saturated carbocycles. The molecule has 0 spiro atoms. The quantitative estimate of drug-likeness (QED) is 0.900. The molecule has 1 aliphatic rings. The van der Waals surface area contributed by atoms with Crippen LogP contribution >= 0.6 is 0 Å². The average Bonchev–Trinajstić information content (AvgIpc) is 2.41. The van der Waals surface area contributed by atoms with Crippen molar-refractivity contribution in [2.24, 2.45) is 0 Å². The van der Waals surface area contributed by atoms with E-state index in [9.17, 15) is 9.90 Å². The second-order valence-electron chi connectivity index (χ2n) is 5.02. The lowest BCUT2D eigenvalue weighted by Gasteiger charge is -2.29. The average molecular weight is 263 g/mol. The van der Waals surface area contributed by atoms with Gasteiger partial charge in [-0.15, -0.1) is 0 Å². The highest BCUT2D eigenvalue weighted by Crippen LogP contribution is 2.13. The molecular formula is C15H21NO3. The van der Waals surface area contributed by atoms with Gasteiger partial charge in [0, 0.05) is 13.1 Å². The van der Waals surface area contributed by atoms with Crippen LogP contribution in [0.2, 0.25) is 0 Å². The van der Waals surface area contributed by atoms with Crippen LogP contribution in [0, 0.1) is 6.92 Å². The van der Waals surface area contributed by atoms with Gasteiger partial charge in [0.25, 0.3) is 0 Å². The first-order chi connectivity index (χ1) is 9.15. The Hall–Kier alpha value is -1.55. The largest absolute Gasteiger partial charge is 0.493 e. The summed E-state index contributed by atoms with van der Waals surface area (Å²) in [7, 11) is 0. The van der Waals surface area contributed by atoms with Crippen molar-refractivity contribution in [1.29, 1.82) is 0 Å². The van der Waals surface area contributed by atoms with Crippen LogP contribution in [0.15, 0.2) is 24.3 Å². The number of rotatable bonds is 4. The summed E-state index contributed by atoms with van der Waals surface area (Å²) >= 11 is 0. The lowest BCUT2D eigenvalue weighted by atomic mass is 10.1. The number of ether oxygens (including phenoxy) is 1. The SMILES string of the molecule is Cc1ccc(OCCC(=O)N2CCC(O)CC2)cc1. The summed E-state index contributed by atoms with van der Waals surface area (Å²) in [6.07, 6.45) is 1.52. The van der Waals surface area contributed by atoms with Crippen LogP contribution in [0.4, 0.5) is 0 Å². The minimum atomic E-state index is -0.243. The van der Waals surface area contributed by atoms with Gasteiger partial charge in [0.1, 0.15) is 5.75 Å². The maximum atomic E-state index is 11.9. The number of hydrogen-bond acceptors (Lipinski definition) is 3. The van der Waals surface area contributed by atoms with Crippen LogP contribution in [0.25, 0.3) is 0 Å². The predicted molar refractivity (Wildman–Crippen MR) is 73.1 cm³/mol. The Morgan fingerprint density at radius 2 is 1.95 bits per heavy atom. The van der Waals surface area contributed by atoms with E-state index in [1.54, 1.807) is 0 Å². The normalized spacial score (nSPS) is 16.4. The van der Waals surface area contributed by atoms with Crippen molar-refractivity contribution >= 4 is 5.91 Å². The Bertz CT molecular complexity index is 408. The van der Waals surface area contributed by atoms with Crippen LogP contribution in [0.5, 0.6) is 5.75 Å². The number of nitrogens with zero attached hydrogens (tertiary/aromatic N) is 1. The molecule has 4 heteroatoms. The Morgan fingerprint density at radius 1 is 1.32 bits per heavy atom. The first-order valence-electron chi connectivity index (χ1n) is 6.80. The lowest BCUT2D eigenvalue weighted by Crippen LogP contribution is -2.40. The van der Waals surface area contributed by atoms with E-state index in [0.717, 1.165) is 5.75 Å². The Labute approximate surface area is 114 Å². The molecule has 1 aromatic rings. The minimum absolute atomic E-state index is 0.110. The summed E-state index contributed by atoms with van der Waals surface area (Å²) in [5, 5.41) is 9.39. The van der Waals surface area contributed by atoms with Gasteiger partial charge >= 0.3 is 0 Å². The molecule has 19 heavy (non-hydrogen) atoms. The topological polar surface area (TPSA) is 49.8 Å². The molecule has 0 radical (unpaired) electrons. The van der Waals surface area contributed by atoms with E-state index < -0.39 is 0 Å². The van der Waals surface area contributed by atoms with Gasteiger partial charge in [-0.3, -0.25) is 4.79 Å². The number of carbonyl (C=O) groups excluding carboxylic acids is 1. The number of carbonyl (C=O) groups is 1. The van der Waals surface area contributed by atoms with Crippen LogP contribution < -0.4 is 4.74 Å². The molecule has 1 aliphatic heterocycles. The van der Waals surface area contributed by atoms with E-state index in [0.29, 0.717) is 39.0 Å². The molecule has 1 saturated heterocycles. The molecule has 0 aromatic heterocycles. The number of piperidine rings is 1. The minimum Gasteiger partial charge on any atom is -0.493 e. The fraction of sp³-hybridized carbons (Fsp3) is 0.533. The lowest BCUT2D eigenvalue weighted by molar-refractivity contribution is -0.133. The molecule has 0 aliphatic carbocycles. The van der Waals surface area contributed by atoms with Crippen LogP contribution in [0.1, 0.15) is 24.8 Å². The number of amides is 1. The zero-order chi connectivity index (χ0) is 13.7. The molecule has 1 aromatic carbocycles. The molecule has 0 bridgehead atoms. The summed E-state index contributed by atoms with van der Waals surface area (Å²) in [5.41, 5.74) is 1.19. The molecule has 0 atom stereocenters. The van der Waals surface area contributed by atoms with E-state index >= 15 is 0 Å². The number of hydrogen-bond donors (Lipinski definition) is 1. The maximum Gasteiger partial charge on any atom is 0.226 e. The predicted octanol–water partition coefficient (Wildman–Crippen LogP) is 1.75. The third-order valence-corrected chi connectivity index (χ3v) is 3.42. The Balaban J connectivity index is 1.70. The van der Waals surface area contributed by atoms with E-state index in [4.69, 9.17) is 4.74 Å². The second-order valence-corrected chi connectivity index (χ2v) is 5.02. The highest BCUT2D eigenvalue weighted by Gasteiger charge is 2.20. The summed E-state index contributed by atoms with van der Waals surface area (Å²) in [4.78, 5) is 13.7. The van der Waals surface area contributed by atoms with Gasteiger partial charge in [0.15, 0.2) is 0 Å². The van der Waals surface area contributed by atoms with Gasteiger partial charge in [0.2, 0.25) is 5.91 Å². The number of aryl methyl sites for hydroxylation is 1. The zero-order valence-electron chi connectivity index (χ0n) is 11.3. The van der Waals surface area contributed by atoms with Gasteiger partial charge in [-0.05, 0) is 31.9 Å². The third kappa shape index (κ3) is 4.24. The van der Waals surface area contributed by atoms with Gasteiger partial charge in [-0.1, -0.05) is 17.7 Å². The van der Waals surface area contributed by atoms with Crippen LogP contribution in [-0.4, -0.2) is 41.7 Å². The maximum absolute atomic E-state index is 11.9. The molecule has 1 N–H and O–H groups in total. The van der Waals surface area contributed by atoms with Crippen LogP contribution in [-0.2, 0) is 4.79 Å². The molecule has 1 amide bonds.